The van der Waals surface area contributed by atoms with Gasteiger partial charge in [-0.25, -0.2) is 4.98 Å². The largest absolute Gasteiger partial charge is 0.349 e. The molecule has 1 aliphatic rings. The van der Waals surface area contributed by atoms with Crippen molar-refractivity contribution in [3.8, 4) is 0 Å². The molecule has 0 spiro atoms. The summed E-state index contributed by atoms with van der Waals surface area (Å²) < 4.78 is 0. The van der Waals surface area contributed by atoms with Crippen LogP contribution >= 0.6 is 0 Å². The molecule has 6 heteroatoms. The molecular weight excluding hydrogens is 352 g/mol. The second-order valence-corrected chi connectivity index (χ2v) is 7.25. The van der Waals surface area contributed by atoms with E-state index in [9.17, 15) is 9.59 Å². The van der Waals surface area contributed by atoms with Crippen molar-refractivity contribution in [1.82, 2.24) is 20.2 Å². The summed E-state index contributed by atoms with van der Waals surface area (Å²) in [5.41, 5.74) is 3.51. The maximum Gasteiger partial charge on any atom is 0.251 e. The summed E-state index contributed by atoms with van der Waals surface area (Å²) in [6.45, 7) is 1.39. The Kier molecular flexibility index (Phi) is 5.37. The van der Waals surface area contributed by atoms with Gasteiger partial charge in [0.1, 0.15) is 0 Å². The van der Waals surface area contributed by atoms with E-state index in [-0.39, 0.29) is 17.9 Å². The van der Waals surface area contributed by atoms with Crippen LogP contribution in [0.3, 0.4) is 0 Å². The quantitative estimate of drug-likeness (QED) is 0.719. The maximum atomic E-state index is 12.5. The van der Waals surface area contributed by atoms with Crippen LogP contribution in [-0.2, 0) is 11.2 Å². The van der Waals surface area contributed by atoms with E-state index >= 15 is 0 Å². The van der Waals surface area contributed by atoms with Crippen molar-refractivity contribution in [2.75, 3.05) is 13.1 Å². The number of nitrogens with one attached hydrogen (secondary N) is 2. The van der Waals surface area contributed by atoms with E-state index in [1.807, 2.05) is 35.2 Å². The Labute approximate surface area is 164 Å². The lowest BCUT2D eigenvalue weighted by atomic mass is 10.0. The molecule has 1 saturated heterocycles. The van der Waals surface area contributed by atoms with Gasteiger partial charge in [0, 0.05) is 31.1 Å². The number of amides is 2. The lowest BCUT2D eigenvalue weighted by molar-refractivity contribution is -0.132. The molecule has 2 heterocycles. The van der Waals surface area contributed by atoms with Crippen molar-refractivity contribution in [3.05, 3.63) is 66.0 Å². The Morgan fingerprint density at radius 3 is 2.68 bits per heavy atom. The number of benzene rings is 2. The Morgan fingerprint density at radius 1 is 1.11 bits per heavy atom. The van der Waals surface area contributed by atoms with E-state index in [0.717, 1.165) is 30.3 Å². The molecule has 2 N–H and O–H groups in total. The molecule has 0 aliphatic carbocycles. The average Bonchev–Trinajstić information content (AvgIpc) is 3.21. The average molecular weight is 376 g/mol. The van der Waals surface area contributed by atoms with Crippen LogP contribution < -0.4 is 5.32 Å². The number of hydrogen-bond donors (Lipinski definition) is 2. The predicted molar refractivity (Wildman–Crippen MR) is 108 cm³/mol. The van der Waals surface area contributed by atoms with Crippen molar-refractivity contribution in [2.24, 2.45) is 0 Å². The van der Waals surface area contributed by atoms with Crippen LogP contribution in [0.15, 0.2) is 54.9 Å². The van der Waals surface area contributed by atoms with Crippen molar-refractivity contribution in [2.45, 2.75) is 31.7 Å². The molecule has 0 unspecified atom stereocenters. The topological polar surface area (TPSA) is 78.1 Å². The fraction of sp³-hybridized carbons (Fsp3) is 0.318. The molecule has 0 radical (unpaired) electrons. The molecule has 3 aromatic rings. The monoisotopic (exact) mass is 376 g/mol. The maximum absolute atomic E-state index is 12.5. The number of carbonyl (C=O) groups excluding carboxylic acids is 2. The summed E-state index contributed by atoms with van der Waals surface area (Å²) in [5, 5.41) is 3.10. The molecular formula is C22H24N4O2. The van der Waals surface area contributed by atoms with Gasteiger partial charge in [-0.1, -0.05) is 30.3 Å². The third-order valence-electron chi connectivity index (χ3n) is 5.34. The molecule has 28 heavy (non-hydrogen) atoms. The minimum Gasteiger partial charge on any atom is -0.349 e. The van der Waals surface area contributed by atoms with Crippen molar-refractivity contribution >= 4 is 22.8 Å². The number of piperidine rings is 1. The summed E-state index contributed by atoms with van der Waals surface area (Å²) in [6.07, 6.45) is 4.50. The van der Waals surface area contributed by atoms with Gasteiger partial charge in [-0.05, 0) is 43.0 Å². The lowest BCUT2D eigenvalue weighted by Crippen LogP contribution is -2.46. The van der Waals surface area contributed by atoms with Gasteiger partial charge >= 0.3 is 0 Å². The van der Waals surface area contributed by atoms with Crippen molar-refractivity contribution < 1.29 is 9.59 Å². The second-order valence-electron chi connectivity index (χ2n) is 7.25. The summed E-state index contributed by atoms with van der Waals surface area (Å²) in [5.74, 6) is 0.115. The molecule has 1 fully saturated rings. The number of rotatable bonds is 5. The van der Waals surface area contributed by atoms with Gasteiger partial charge in [0.15, 0.2) is 0 Å². The number of aryl methyl sites for hydroxylation is 1. The normalized spacial score (nSPS) is 14.9. The van der Waals surface area contributed by atoms with Gasteiger partial charge in [-0.15, -0.1) is 0 Å². The van der Waals surface area contributed by atoms with Crippen LogP contribution in [0.25, 0.3) is 11.0 Å². The second kappa shape index (κ2) is 8.25. The number of fused-ring (bicyclic) bond motifs is 1. The number of nitrogens with zero attached hydrogens (tertiary/aromatic N) is 2. The first kappa shape index (κ1) is 18.2. The SMILES string of the molecule is O=C(NC1CCN(C(=O)CCc2ccccc2)CC1)c1ccc2nc[nH]c2c1. The predicted octanol–water partition coefficient (Wildman–Crippen LogP) is 2.92. The minimum atomic E-state index is -0.0784. The van der Waals surface area contributed by atoms with Crippen molar-refractivity contribution in [1.29, 1.82) is 0 Å². The number of aromatic nitrogens is 2. The van der Waals surface area contributed by atoms with Gasteiger partial charge in [-0.2, -0.15) is 0 Å². The van der Waals surface area contributed by atoms with Crippen LogP contribution in [0, 0.1) is 0 Å². The van der Waals surface area contributed by atoms with Gasteiger partial charge in [0.05, 0.1) is 17.4 Å². The molecule has 6 nitrogen and oxygen atoms in total. The summed E-state index contributed by atoms with van der Waals surface area (Å²) in [4.78, 5) is 34.1. The zero-order valence-electron chi connectivity index (χ0n) is 15.7. The smallest absolute Gasteiger partial charge is 0.251 e. The van der Waals surface area contributed by atoms with Crippen LogP contribution in [0.1, 0.15) is 35.2 Å². The number of carbonyl (C=O) groups is 2. The summed E-state index contributed by atoms with van der Waals surface area (Å²) in [6, 6.07) is 15.6. The molecule has 4 rings (SSSR count). The lowest BCUT2D eigenvalue weighted by Gasteiger charge is -2.32. The highest BCUT2D eigenvalue weighted by atomic mass is 16.2. The van der Waals surface area contributed by atoms with Crippen LogP contribution in [0.5, 0.6) is 0 Å². The fourth-order valence-electron chi connectivity index (χ4n) is 3.67. The highest BCUT2D eigenvalue weighted by Gasteiger charge is 2.24. The van der Waals surface area contributed by atoms with Gasteiger partial charge in [0.2, 0.25) is 5.91 Å². The summed E-state index contributed by atoms with van der Waals surface area (Å²) >= 11 is 0. The van der Waals surface area contributed by atoms with Crippen molar-refractivity contribution in [3.63, 3.8) is 0 Å². The summed E-state index contributed by atoms with van der Waals surface area (Å²) in [7, 11) is 0. The fourth-order valence-corrected chi connectivity index (χ4v) is 3.67. The van der Waals surface area contributed by atoms with Gasteiger partial charge in [0.25, 0.3) is 5.91 Å². The number of imidazole rings is 1. The number of likely N-dealkylation sites (tertiary alicyclic amines) is 1. The first-order chi connectivity index (χ1) is 13.7. The Bertz CT molecular complexity index is 959. The Morgan fingerprint density at radius 2 is 1.89 bits per heavy atom. The Balaban J connectivity index is 1.25. The van der Waals surface area contributed by atoms with Crippen LogP contribution in [0.2, 0.25) is 0 Å². The molecule has 2 amide bonds. The third kappa shape index (κ3) is 4.22. The highest BCUT2D eigenvalue weighted by molar-refractivity contribution is 5.97. The van der Waals surface area contributed by atoms with E-state index in [1.165, 1.54) is 5.56 Å². The van der Waals surface area contributed by atoms with E-state index in [4.69, 9.17) is 0 Å². The van der Waals surface area contributed by atoms with Gasteiger partial charge < -0.3 is 15.2 Å². The number of hydrogen-bond acceptors (Lipinski definition) is 3. The molecule has 0 atom stereocenters. The zero-order valence-corrected chi connectivity index (χ0v) is 15.7. The zero-order chi connectivity index (χ0) is 19.3. The van der Waals surface area contributed by atoms with E-state index in [0.29, 0.717) is 25.1 Å². The standard InChI is InChI=1S/C22H24N4O2/c27-21(9-6-16-4-2-1-3-5-16)26-12-10-18(11-13-26)25-22(28)17-7-8-19-20(14-17)24-15-23-19/h1-5,7-8,14-15,18H,6,9-13H2,(H,23,24)(H,25,28). The Hall–Kier alpha value is -3.15. The number of H-pyrrole nitrogens is 1. The first-order valence-electron chi connectivity index (χ1n) is 9.75. The van der Waals surface area contributed by atoms with Crippen LogP contribution in [-0.4, -0.2) is 45.8 Å². The molecule has 1 aromatic heterocycles. The van der Waals surface area contributed by atoms with E-state index in [1.54, 1.807) is 12.4 Å². The third-order valence-corrected chi connectivity index (χ3v) is 5.34. The highest BCUT2D eigenvalue weighted by Crippen LogP contribution is 2.15. The first-order valence-corrected chi connectivity index (χ1v) is 9.75. The molecule has 2 aromatic carbocycles. The molecule has 0 bridgehead atoms. The van der Waals surface area contributed by atoms with E-state index in [2.05, 4.69) is 27.4 Å². The van der Waals surface area contributed by atoms with E-state index < -0.39 is 0 Å². The molecule has 144 valence electrons. The number of aromatic amines is 1. The minimum absolute atomic E-state index is 0.0784. The van der Waals surface area contributed by atoms with Crippen LogP contribution in [0.4, 0.5) is 0 Å². The molecule has 1 aliphatic heterocycles. The van der Waals surface area contributed by atoms with Gasteiger partial charge in [-0.3, -0.25) is 9.59 Å². The molecule has 0 saturated carbocycles.